The molecule has 2 heterocycles. The number of Topliss-reactive ketones (excluding diaryl/α,β-unsaturated/α-hetero) is 1. The van der Waals surface area contributed by atoms with Gasteiger partial charge < -0.3 is 14.8 Å². The van der Waals surface area contributed by atoms with Crippen molar-refractivity contribution < 1.29 is 19.1 Å². The number of ketones is 1. The summed E-state index contributed by atoms with van der Waals surface area (Å²) in [7, 11) is 0. The number of allylic oxidation sites excluding steroid dienone is 3. The van der Waals surface area contributed by atoms with E-state index in [1.807, 2.05) is 50.4 Å². The Morgan fingerprint density at radius 1 is 1.21 bits per heavy atom. The van der Waals surface area contributed by atoms with Crippen LogP contribution >= 0.6 is 22.9 Å². The van der Waals surface area contributed by atoms with Crippen molar-refractivity contribution in [3.63, 3.8) is 0 Å². The molecule has 2 atom stereocenters. The minimum atomic E-state index is -0.518. The maximum Gasteiger partial charge on any atom is 0.336 e. The standard InChI is InChI=1S/C26H28ClNO4S/c1-15(2)31-9-10-32-26(30)23-16(3)28-20-13-18(22-8-5-11-33-22)14-21(29)25(20)24(23)17-6-4-7-19(27)12-17/h4-8,11-12,15,18,24,28H,9-10,13-14H2,1-3H3. The Hall–Kier alpha value is -2.41. The molecule has 33 heavy (non-hydrogen) atoms. The Kier molecular flexibility index (Phi) is 7.37. The summed E-state index contributed by atoms with van der Waals surface area (Å²) in [4.78, 5) is 27.9. The van der Waals surface area contributed by atoms with Gasteiger partial charge in [-0.25, -0.2) is 4.79 Å². The Morgan fingerprint density at radius 2 is 2.03 bits per heavy atom. The first-order valence-electron chi connectivity index (χ1n) is 11.2. The summed E-state index contributed by atoms with van der Waals surface area (Å²) in [5.74, 6) is -0.779. The number of benzene rings is 1. The third-order valence-corrected chi connectivity index (χ3v) is 7.21. The molecule has 2 unspecified atom stereocenters. The van der Waals surface area contributed by atoms with Gasteiger partial charge in [-0.15, -0.1) is 11.3 Å². The molecular formula is C26H28ClNO4S. The van der Waals surface area contributed by atoms with E-state index in [2.05, 4.69) is 11.4 Å². The number of esters is 1. The summed E-state index contributed by atoms with van der Waals surface area (Å²) in [6.07, 6.45) is 1.20. The van der Waals surface area contributed by atoms with Crippen LogP contribution in [-0.2, 0) is 19.1 Å². The second-order valence-electron chi connectivity index (χ2n) is 8.64. The van der Waals surface area contributed by atoms with Crippen LogP contribution in [0.4, 0.5) is 0 Å². The second kappa shape index (κ2) is 10.2. The molecule has 0 spiro atoms. The first-order chi connectivity index (χ1) is 15.8. The van der Waals surface area contributed by atoms with Gasteiger partial charge in [-0.1, -0.05) is 29.8 Å². The average molecular weight is 486 g/mol. The third-order valence-electron chi connectivity index (χ3n) is 5.94. The zero-order valence-corrected chi connectivity index (χ0v) is 20.6. The highest BCUT2D eigenvalue weighted by molar-refractivity contribution is 7.10. The largest absolute Gasteiger partial charge is 0.460 e. The first-order valence-corrected chi connectivity index (χ1v) is 12.4. The molecule has 1 aromatic heterocycles. The van der Waals surface area contributed by atoms with Gasteiger partial charge in [0.1, 0.15) is 6.61 Å². The van der Waals surface area contributed by atoms with Crippen LogP contribution in [0.3, 0.4) is 0 Å². The van der Waals surface area contributed by atoms with Crippen molar-refractivity contribution in [1.29, 1.82) is 0 Å². The Labute approximate surface area is 203 Å². The molecule has 174 valence electrons. The molecule has 1 aliphatic heterocycles. The number of carbonyl (C=O) groups excluding carboxylic acids is 2. The molecule has 1 N–H and O–H groups in total. The summed E-state index contributed by atoms with van der Waals surface area (Å²) in [5, 5.41) is 5.97. The number of ether oxygens (including phenoxy) is 2. The Bertz CT molecular complexity index is 1100. The van der Waals surface area contributed by atoms with E-state index in [0.717, 1.165) is 17.7 Å². The fourth-order valence-corrected chi connectivity index (χ4v) is 5.58. The van der Waals surface area contributed by atoms with Crippen LogP contribution in [0, 0.1) is 0 Å². The lowest BCUT2D eigenvalue weighted by molar-refractivity contribution is -0.141. The molecular weight excluding hydrogens is 458 g/mol. The van der Waals surface area contributed by atoms with Crippen molar-refractivity contribution >= 4 is 34.7 Å². The maximum atomic E-state index is 13.5. The van der Waals surface area contributed by atoms with Crippen LogP contribution in [-0.4, -0.2) is 31.1 Å². The van der Waals surface area contributed by atoms with Gasteiger partial charge in [-0.3, -0.25) is 4.79 Å². The molecule has 2 aromatic rings. The van der Waals surface area contributed by atoms with Crippen molar-refractivity contribution in [1.82, 2.24) is 5.32 Å². The van der Waals surface area contributed by atoms with Gasteiger partial charge in [-0.05, 0) is 56.3 Å². The number of dihydropyridines is 1. The third kappa shape index (κ3) is 5.24. The number of halogens is 1. The molecule has 0 amide bonds. The number of thiophene rings is 1. The number of hydrogen-bond acceptors (Lipinski definition) is 6. The van der Waals surface area contributed by atoms with Crippen LogP contribution in [0.25, 0.3) is 0 Å². The predicted octanol–water partition coefficient (Wildman–Crippen LogP) is 5.73. The van der Waals surface area contributed by atoms with Gasteiger partial charge in [-0.2, -0.15) is 0 Å². The normalized spacial score (nSPS) is 20.7. The molecule has 7 heteroatoms. The van der Waals surface area contributed by atoms with Crippen LogP contribution in [0.5, 0.6) is 0 Å². The summed E-state index contributed by atoms with van der Waals surface area (Å²) >= 11 is 7.97. The zero-order chi connectivity index (χ0) is 23.5. The van der Waals surface area contributed by atoms with Gasteiger partial charge in [0.05, 0.1) is 18.3 Å². The minimum absolute atomic E-state index is 0.0491. The smallest absolute Gasteiger partial charge is 0.336 e. The van der Waals surface area contributed by atoms with Crippen molar-refractivity contribution in [2.75, 3.05) is 13.2 Å². The molecule has 2 aliphatic rings. The molecule has 0 fully saturated rings. The number of nitrogens with one attached hydrogen (secondary N) is 1. The molecule has 5 nitrogen and oxygen atoms in total. The van der Waals surface area contributed by atoms with Crippen LogP contribution in [0.2, 0.25) is 5.02 Å². The van der Waals surface area contributed by atoms with Gasteiger partial charge in [0.15, 0.2) is 5.78 Å². The monoisotopic (exact) mass is 485 g/mol. The highest BCUT2D eigenvalue weighted by atomic mass is 35.5. The number of carbonyl (C=O) groups is 2. The van der Waals surface area contributed by atoms with E-state index < -0.39 is 11.9 Å². The zero-order valence-electron chi connectivity index (χ0n) is 19.0. The van der Waals surface area contributed by atoms with Crippen molar-refractivity contribution in [3.8, 4) is 0 Å². The van der Waals surface area contributed by atoms with Crippen LogP contribution in [0.15, 0.2) is 64.3 Å². The van der Waals surface area contributed by atoms with Crippen LogP contribution in [0.1, 0.15) is 55.9 Å². The van der Waals surface area contributed by atoms with Gasteiger partial charge in [0.2, 0.25) is 0 Å². The molecule has 0 saturated carbocycles. The minimum Gasteiger partial charge on any atom is -0.460 e. The SMILES string of the molecule is CC1=C(C(=O)OCCOC(C)C)C(c2cccc(Cl)c2)C2=C(CC(c3cccs3)CC2=O)N1. The predicted molar refractivity (Wildman–Crippen MR) is 130 cm³/mol. The highest BCUT2D eigenvalue weighted by Crippen LogP contribution is 2.46. The molecule has 0 saturated heterocycles. The van der Waals surface area contributed by atoms with E-state index in [0.29, 0.717) is 34.9 Å². The lowest BCUT2D eigenvalue weighted by Gasteiger charge is -2.36. The summed E-state index contributed by atoms with van der Waals surface area (Å²) in [5.41, 5.74) is 3.48. The van der Waals surface area contributed by atoms with Gasteiger partial charge >= 0.3 is 5.97 Å². The highest BCUT2D eigenvalue weighted by Gasteiger charge is 2.41. The van der Waals surface area contributed by atoms with Crippen LogP contribution < -0.4 is 5.32 Å². The van der Waals surface area contributed by atoms with E-state index in [9.17, 15) is 9.59 Å². The summed E-state index contributed by atoms with van der Waals surface area (Å²) in [6, 6.07) is 11.5. The molecule has 1 aliphatic carbocycles. The lowest BCUT2D eigenvalue weighted by Crippen LogP contribution is -2.36. The van der Waals surface area contributed by atoms with E-state index in [-0.39, 0.29) is 24.4 Å². The molecule has 1 aromatic carbocycles. The van der Waals surface area contributed by atoms with E-state index in [1.165, 1.54) is 4.88 Å². The second-order valence-corrected chi connectivity index (χ2v) is 10.1. The van der Waals surface area contributed by atoms with E-state index >= 15 is 0 Å². The van der Waals surface area contributed by atoms with E-state index in [4.69, 9.17) is 21.1 Å². The lowest BCUT2D eigenvalue weighted by atomic mass is 9.72. The number of rotatable bonds is 7. The molecule has 0 bridgehead atoms. The summed E-state index contributed by atoms with van der Waals surface area (Å²) < 4.78 is 11.0. The Balaban J connectivity index is 1.68. The first kappa shape index (κ1) is 23.7. The topological polar surface area (TPSA) is 64.6 Å². The van der Waals surface area contributed by atoms with E-state index in [1.54, 1.807) is 17.4 Å². The Morgan fingerprint density at radius 3 is 2.73 bits per heavy atom. The van der Waals surface area contributed by atoms with Gasteiger partial charge in [0.25, 0.3) is 0 Å². The van der Waals surface area contributed by atoms with Gasteiger partial charge in [0, 0.05) is 45.1 Å². The average Bonchev–Trinajstić information content (AvgIpc) is 3.30. The quantitative estimate of drug-likeness (QED) is 0.400. The molecule has 0 radical (unpaired) electrons. The summed E-state index contributed by atoms with van der Waals surface area (Å²) in [6.45, 7) is 6.19. The van der Waals surface area contributed by atoms with Crippen molar-refractivity contribution in [3.05, 3.63) is 79.8 Å². The fraction of sp³-hybridized carbons (Fsp3) is 0.385. The number of hydrogen-bond donors (Lipinski definition) is 1. The fourth-order valence-electron chi connectivity index (χ4n) is 4.55. The molecule has 4 rings (SSSR count). The van der Waals surface area contributed by atoms with Crippen molar-refractivity contribution in [2.45, 2.75) is 51.6 Å². The van der Waals surface area contributed by atoms with Crippen molar-refractivity contribution in [2.24, 2.45) is 0 Å². The maximum absolute atomic E-state index is 13.5.